The Hall–Kier alpha value is -2.43. The highest BCUT2D eigenvalue weighted by Gasteiger charge is 2.04. The smallest absolute Gasteiger partial charge is 0.249 e. The SMILES string of the molecule is C1=C(CCNc2cnnc(Nc3ccccc3)n2)CCCC1. The van der Waals surface area contributed by atoms with E-state index in [0.29, 0.717) is 5.95 Å². The molecule has 2 N–H and O–H groups in total. The largest absolute Gasteiger partial charge is 0.368 e. The van der Waals surface area contributed by atoms with Crippen molar-refractivity contribution in [3.63, 3.8) is 0 Å². The fourth-order valence-electron chi connectivity index (χ4n) is 2.58. The number of para-hydroxylation sites is 1. The van der Waals surface area contributed by atoms with E-state index in [1.165, 1.54) is 25.7 Å². The van der Waals surface area contributed by atoms with Crippen molar-refractivity contribution < 1.29 is 0 Å². The van der Waals surface area contributed by atoms with Gasteiger partial charge in [-0.3, -0.25) is 0 Å². The van der Waals surface area contributed by atoms with E-state index in [1.807, 2.05) is 30.3 Å². The summed E-state index contributed by atoms with van der Waals surface area (Å²) < 4.78 is 0. The van der Waals surface area contributed by atoms with Crippen molar-refractivity contribution in [2.45, 2.75) is 32.1 Å². The van der Waals surface area contributed by atoms with Crippen LogP contribution in [-0.4, -0.2) is 21.7 Å². The Labute approximate surface area is 130 Å². The quantitative estimate of drug-likeness (QED) is 0.791. The van der Waals surface area contributed by atoms with Gasteiger partial charge in [0.1, 0.15) is 0 Å². The molecule has 5 nitrogen and oxygen atoms in total. The van der Waals surface area contributed by atoms with Gasteiger partial charge < -0.3 is 10.6 Å². The molecule has 0 amide bonds. The van der Waals surface area contributed by atoms with Crippen molar-refractivity contribution in [1.29, 1.82) is 0 Å². The molecule has 1 heterocycles. The van der Waals surface area contributed by atoms with Crippen molar-refractivity contribution in [3.05, 3.63) is 48.2 Å². The van der Waals surface area contributed by atoms with Crippen LogP contribution in [0, 0.1) is 0 Å². The molecule has 22 heavy (non-hydrogen) atoms. The topological polar surface area (TPSA) is 62.7 Å². The lowest BCUT2D eigenvalue weighted by Gasteiger charge is -2.13. The molecule has 0 aliphatic heterocycles. The first-order valence-electron chi connectivity index (χ1n) is 7.84. The number of rotatable bonds is 6. The molecule has 0 bridgehead atoms. The molecule has 1 aromatic carbocycles. The van der Waals surface area contributed by atoms with E-state index in [1.54, 1.807) is 11.8 Å². The molecule has 0 unspecified atom stereocenters. The molecule has 2 aromatic rings. The Bertz CT molecular complexity index is 624. The van der Waals surface area contributed by atoms with E-state index in [2.05, 4.69) is 31.9 Å². The molecule has 1 aliphatic rings. The number of hydrogen-bond donors (Lipinski definition) is 2. The third kappa shape index (κ3) is 4.28. The van der Waals surface area contributed by atoms with E-state index in [-0.39, 0.29) is 0 Å². The lowest BCUT2D eigenvalue weighted by atomic mass is 9.97. The third-order valence-corrected chi connectivity index (χ3v) is 3.73. The minimum Gasteiger partial charge on any atom is -0.368 e. The number of benzene rings is 1. The first-order valence-corrected chi connectivity index (χ1v) is 7.84. The van der Waals surface area contributed by atoms with Crippen LogP contribution in [0.5, 0.6) is 0 Å². The van der Waals surface area contributed by atoms with Crippen molar-refractivity contribution in [2.24, 2.45) is 0 Å². The van der Waals surface area contributed by atoms with Gasteiger partial charge in [-0.2, -0.15) is 10.1 Å². The van der Waals surface area contributed by atoms with Crippen LogP contribution in [0.15, 0.2) is 48.2 Å². The Morgan fingerprint density at radius 3 is 2.82 bits per heavy atom. The van der Waals surface area contributed by atoms with Crippen LogP contribution in [0.25, 0.3) is 0 Å². The monoisotopic (exact) mass is 295 g/mol. The highest BCUT2D eigenvalue weighted by Crippen LogP contribution is 2.20. The standard InChI is InChI=1S/C17H21N5/c1-3-7-14(8-4-1)11-12-18-16-13-19-22-17(21-16)20-15-9-5-2-6-10-15/h2,5-7,9-10,13H,1,3-4,8,11-12H2,(H2,18,20,21,22). The Kier molecular flexibility index (Phi) is 4.97. The van der Waals surface area contributed by atoms with Gasteiger partial charge in [0.05, 0.1) is 6.20 Å². The number of anilines is 3. The van der Waals surface area contributed by atoms with Crippen LogP contribution in [0.1, 0.15) is 32.1 Å². The van der Waals surface area contributed by atoms with Crippen molar-refractivity contribution in [3.8, 4) is 0 Å². The maximum Gasteiger partial charge on any atom is 0.249 e. The second kappa shape index (κ2) is 7.54. The van der Waals surface area contributed by atoms with Crippen LogP contribution in [0.3, 0.4) is 0 Å². The normalized spacial score (nSPS) is 14.3. The number of hydrogen-bond acceptors (Lipinski definition) is 5. The highest BCUT2D eigenvalue weighted by molar-refractivity contribution is 5.53. The summed E-state index contributed by atoms with van der Waals surface area (Å²) in [4.78, 5) is 4.44. The molecule has 0 atom stereocenters. The first-order chi connectivity index (χ1) is 10.9. The number of allylic oxidation sites excluding steroid dienone is 1. The zero-order valence-corrected chi connectivity index (χ0v) is 12.6. The summed E-state index contributed by atoms with van der Waals surface area (Å²) in [7, 11) is 0. The minimum atomic E-state index is 0.507. The molecule has 3 rings (SSSR count). The van der Waals surface area contributed by atoms with E-state index >= 15 is 0 Å². The summed E-state index contributed by atoms with van der Waals surface area (Å²) in [6.45, 7) is 0.884. The van der Waals surface area contributed by atoms with Gasteiger partial charge >= 0.3 is 0 Å². The van der Waals surface area contributed by atoms with E-state index in [0.717, 1.165) is 24.5 Å². The van der Waals surface area contributed by atoms with Crippen molar-refractivity contribution in [1.82, 2.24) is 15.2 Å². The maximum atomic E-state index is 4.44. The van der Waals surface area contributed by atoms with Crippen LogP contribution >= 0.6 is 0 Å². The molecule has 114 valence electrons. The average Bonchev–Trinajstić information content (AvgIpc) is 2.57. The Morgan fingerprint density at radius 2 is 2.00 bits per heavy atom. The number of aromatic nitrogens is 3. The Balaban J connectivity index is 1.53. The zero-order chi connectivity index (χ0) is 15.0. The molecule has 0 saturated carbocycles. The summed E-state index contributed by atoms with van der Waals surface area (Å²) in [5.41, 5.74) is 2.51. The van der Waals surface area contributed by atoms with Gasteiger partial charge in [-0.1, -0.05) is 29.8 Å². The molecule has 0 fully saturated rings. The minimum absolute atomic E-state index is 0.507. The Morgan fingerprint density at radius 1 is 1.09 bits per heavy atom. The average molecular weight is 295 g/mol. The molecule has 0 saturated heterocycles. The van der Waals surface area contributed by atoms with E-state index in [9.17, 15) is 0 Å². The molecule has 1 aromatic heterocycles. The summed E-state index contributed by atoms with van der Waals surface area (Å²) in [6, 6.07) is 9.85. The lowest BCUT2D eigenvalue weighted by Crippen LogP contribution is -2.08. The number of nitrogens with one attached hydrogen (secondary N) is 2. The molecule has 0 radical (unpaired) electrons. The molecular formula is C17H21N5. The maximum absolute atomic E-state index is 4.44. The van der Waals surface area contributed by atoms with Gasteiger partial charge in [0, 0.05) is 12.2 Å². The van der Waals surface area contributed by atoms with Crippen LogP contribution < -0.4 is 10.6 Å². The van der Waals surface area contributed by atoms with Crippen LogP contribution in [-0.2, 0) is 0 Å². The molecule has 1 aliphatic carbocycles. The van der Waals surface area contributed by atoms with Gasteiger partial charge in [0.2, 0.25) is 5.95 Å². The van der Waals surface area contributed by atoms with Gasteiger partial charge in [0.25, 0.3) is 0 Å². The lowest BCUT2D eigenvalue weighted by molar-refractivity contribution is 0.679. The second-order valence-electron chi connectivity index (χ2n) is 5.44. The molecule has 5 heteroatoms. The van der Waals surface area contributed by atoms with Crippen LogP contribution in [0.4, 0.5) is 17.5 Å². The molecule has 0 spiro atoms. The van der Waals surface area contributed by atoms with Gasteiger partial charge in [-0.25, -0.2) is 0 Å². The van der Waals surface area contributed by atoms with Gasteiger partial charge in [-0.15, -0.1) is 5.10 Å². The fraction of sp³-hybridized carbons (Fsp3) is 0.353. The summed E-state index contributed by atoms with van der Waals surface area (Å²) in [6.07, 6.45) is 10.2. The van der Waals surface area contributed by atoms with E-state index < -0.39 is 0 Å². The van der Waals surface area contributed by atoms with Crippen molar-refractivity contribution in [2.75, 3.05) is 17.2 Å². The second-order valence-corrected chi connectivity index (χ2v) is 5.44. The van der Waals surface area contributed by atoms with E-state index in [4.69, 9.17) is 0 Å². The predicted octanol–water partition coefficient (Wildman–Crippen LogP) is 3.92. The first kappa shape index (κ1) is 14.5. The molecular weight excluding hydrogens is 274 g/mol. The third-order valence-electron chi connectivity index (χ3n) is 3.73. The number of nitrogens with zero attached hydrogens (tertiary/aromatic N) is 3. The highest BCUT2D eigenvalue weighted by atomic mass is 15.3. The summed E-state index contributed by atoms with van der Waals surface area (Å²) in [5, 5.41) is 14.5. The summed E-state index contributed by atoms with van der Waals surface area (Å²) >= 11 is 0. The summed E-state index contributed by atoms with van der Waals surface area (Å²) in [5.74, 6) is 1.26. The van der Waals surface area contributed by atoms with Crippen molar-refractivity contribution >= 4 is 17.5 Å². The zero-order valence-electron chi connectivity index (χ0n) is 12.6. The van der Waals surface area contributed by atoms with Gasteiger partial charge in [0.15, 0.2) is 5.82 Å². The fourth-order valence-corrected chi connectivity index (χ4v) is 2.58. The van der Waals surface area contributed by atoms with Crippen LogP contribution in [0.2, 0.25) is 0 Å². The predicted molar refractivity (Wildman–Crippen MR) is 89.2 cm³/mol. The van der Waals surface area contributed by atoms with Gasteiger partial charge in [-0.05, 0) is 44.2 Å².